The van der Waals surface area contributed by atoms with E-state index in [2.05, 4.69) is 31.0 Å². The summed E-state index contributed by atoms with van der Waals surface area (Å²) < 4.78 is 0. The van der Waals surface area contributed by atoms with Gasteiger partial charge in [0.2, 0.25) is 0 Å². The second kappa shape index (κ2) is 4.11. The van der Waals surface area contributed by atoms with Crippen LogP contribution < -0.4 is 5.73 Å². The predicted molar refractivity (Wildman–Crippen MR) is 56.2 cm³/mol. The molecule has 0 bridgehead atoms. The summed E-state index contributed by atoms with van der Waals surface area (Å²) in [5, 5.41) is 16.2. The normalized spacial score (nSPS) is 14.4. The Labute approximate surface area is 84.5 Å². The van der Waals surface area contributed by atoms with Crippen LogP contribution in [0.1, 0.15) is 37.9 Å². The lowest BCUT2D eigenvalue weighted by Crippen LogP contribution is -2.21. The summed E-state index contributed by atoms with van der Waals surface area (Å²) in [4.78, 5) is 0. The molecule has 0 aliphatic heterocycles. The zero-order valence-corrected chi connectivity index (χ0v) is 9.04. The highest BCUT2D eigenvalue weighted by Gasteiger charge is 2.23. The summed E-state index contributed by atoms with van der Waals surface area (Å²) >= 11 is 0. The van der Waals surface area contributed by atoms with Crippen molar-refractivity contribution in [2.45, 2.75) is 32.1 Å². The van der Waals surface area contributed by atoms with Gasteiger partial charge in [0.15, 0.2) is 0 Å². The molecule has 4 heteroatoms. The summed E-state index contributed by atoms with van der Waals surface area (Å²) in [6.45, 7) is 6.83. The van der Waals surface area contributed by atoms with E-state index in [1.54, 1.807) is 6.20 Å². The first-order valence-corrected chi connectivity index (χ1v) is 4.85. The Bertz CT molecular complexity index is 284. The van der Waals surface area contributed by atoms with Gasteiger partial charge in [-0.1, -0.05) is 20.8 Å². The molecule has 0 aromatic carbocycles. The van der Waals surface area contributed by atoms with Crippen LogP contribution in [0.3, 0.4) is 0 Å². The maximum Gasteiger partial charge on any atom is 0.0526 e. The molecule has 4 nitrogen and oxygen atoms in total. The van der Waals surface area contributed by atoms with E-state index in [-0.39, 0.29) is 17.9 Å². The van der Waals surface area contributed by atoms with Crippen LogP contribution in [-0.2, 0) is 5.41 Å². The number of aromatic nitrogens is 2. The zero-order chi connectivity index (χ0) is 10.8. The third-order valence-corrected chi connectivity index (χ3v) is 2.36. The Morgan fingerprint density at radius 1 is 1.57 bits per heavy atom. The molecule has 1 unspecified atom stereocenters. The average molecular weight is 197 g/mol. The smallest absolute Gasteiger partial charge is 0.0526 e. The summed E-state index contributed by atoms with van der Waals surface area (Å²) in [6, 6.07) is 0. The first-order chi connectivity index (χ1) is 6.50. The van der Waals surface area contributed by atoms with Gasteiger partial charge in [0, 0.05) is 29.1 Å². The lowest BCUT2D eigenvalue weighted by Gasteiger charge is -2.21. The second-order valence-electron chi connectivity index (χ2n) is 4.57. The zero-order valence-electron chi connectivity index (χ0n) is 9.04. The molecule has 0 aliphatic carbocycles. The van der Waals surface area contributed by atoms with Gasteiger partial charge in [-0.15, -0.1) is 0 Å². The number of aromatic amines is 1. The van der Waals surface area contributed by atoms with Gasteiger partial charge in [-0.3, -0.25) is 5.10 Å². The van der Waals surface area contributed by atoms with Crippen molar-refractivity contribution in [2.24, 2.45) is 5.73 Å². The van der Waals surface area contributed by atoms with Crippen molar-refractivity contribution in [3.8, 4) is 0 Å². The number of nitrogens with one attached hydrogen (secondary N) is 1. The first kappa shape index (κ1) is 11.2. The molecule has 0 saturated heterocycles. The summed E-state index contributed by atoms with van der Waals surface area (Å²) in [5.41, 5.74) is 7.68. The number of hydrogen-bond acceptors (Lipinski definition) is 3. The van der Waals surface area contributed by atoms with E-state index in [1.165, 1.54) is 0 Å². The van der Waals surface area contributed by atoms with Crippen molar-refractivity contribution < 1.29 is 5.11 Å². The highest BCUT2D eigenvalue weighted by molar-refractivity contribution is 5.27. The molecule has 0 saturated carbocycles. The number of rotatable bonds is 3. The van der Waals surface area contributed by atoms with Crippen molar-refractivity contribution >= 4 is 0 Å². The lowest BCUT2D eigenvalue weighted by atomic mass is 9.86. The Kier molecular flexibility index (Phi) is 3.29. The molecule has 4 N–H and O–H groups in total. The Hall–Kier alpha value is -0.870. The quantitative estimate of drug-likeness (QED) is 0.669. The van der Waals surface area contributed by atoms with Gasteiger partial charge in [-0.2, -0.15) is 5.10 Å². The molecule has 0 radical (unpaired) electrons. The molecular weight excluding hydrogens is 178 g/mol. The number of nitrogens with zero attached hydrogens (tertiary/aromatic N) is 1. The number of nitrogens with two attached hydrogens (primary N) is 1. The van der Waals surface area contributed by atoms with E-state index in [0.717, 1.165) is 11.3 Å². The molecule has 80 valence electrons. The molecule has 0 fully saturated rings. The summed E-state index contributed by atoms with van der Waals surface area (Å²) in [5.74, 6) is -0.0111. The topological polar surface area (TPSA) is 74.9 Å². The van der Waals surface area contributed by atoms with E-state index in [1.807, 2.05) is 0 Å². The van der Waals surface area contributed by atoms with Crippen LogP contribution in [0, 0.1) is 0 Å². The van der Waals surface area contributed by atoms with Crippen molar-refractivity contribution in [3.63, 3.8) is 0 Å². The van der Waals surface area contributed by atoms with E-state index < -0.39 is 0 Å². The Balaban J connectivity index is 3.03. The minimum atomic E-state index is -0.0111. The van der Waals surface area contributed by atoms with Crippen LogP contribution in [0.25, 0.3) is 0 Å². The average Bonchev–Trinajstić information content (AvgIpc) is 2.54. The van der Waals surface area contributed by atoms with Gasteiger partial charge in [-0.05, 0) is 0 Å². The number of H-pyrrole nitrogens is 1. The van der Waals surface area contributed by atoms with Crippen LogP contribution >= 0.6 is 0 Å². The molecule has 0 spiro atoms. The number of aliphatic hydroxyl groups is 1. The minimum Gasteiger partial charge on any atom is -0.396 e. The van der Waals surface area contributed by atoms with E-state index in [0.29, 0.717) is 6.54 Å². The van der Waals surface area contributed by atoms with Gasteiger partial charge in [0.05, 0.1) is 12.8 Å². The van der Waals surface area contributed by atoms with E-state index in [4.69, 9.17) is 10.8 Å². The van der Waals surface area contributed by atoms with Crippen molar-refractivity contribution in [3.05, 3.63) is 17.5 Å². The molecule has 1 atom stereocenters. The molecule has 0 amide bonds. The van der Waals surface area contributed by atoms with Gasteiger partial charge in [-0.25, -0.2) is 0 Å². The molecule has 1 heterocycles. The largest absolute Gasteiger partial charge is 0.396 e. The van der Waals surface area contributed by atoms with Crippen molar-refractivity contribution in [1.29, 1.82) is 0 Å². The van der Waals surface area contributed by atoms with Gasteiger partial charge in [0.1, 0.15) is 0 Å². The molecule has 1 aromatic rings. The van der Waals surface area contributed by atoms with Crippen molar-refractivity contribution in [1.82, 2.24) is 10.2 Å². The number of hydrogen-bond donors (Lipinski definition) is 3. The monoisotopic (exact) mass is 197 g/mol. The second-order valence-corrected chi connectivity index (χ2v) is 4.57. The Morgan fingerprint density at radius 2 is 2.21 bits per heavy atom. The van der Waals surface area contributed by atoms with Crippen LogP contribution in [-0.4, -0.2) is 28.5 Å². The predicted octanol–water partition coefficient (Wildman–Crippen LogP) is 0.742. The maximum atomic E-state index is 9.17. The fourth-order valence-corrected chi connectivity index (χ4v) is 1.51. The number of aliphatic hydroxyl groups excluding tert-OH is 1. The van der Waals surface area contributed by atoms with Crippen LogP contribution in [0.2, 0.25) is 0 Å². The minimum absolute atomic E-state index is 0.00836. The summed E-state index contributed by atoms with van der Waals surface area (Å²) in [6.07, 6.45) is 1.76. The molecule has 1 rings (SSSR count). The fourth-order valence-electron chi connectivity index (χ4n) is 1.51. The third kappa shape index (κ3) is 2.13. The van der Waals surface area contributed by atoms with Gasteiger partial charge < -0.3 is 10.8 Å². The molecular formula is C10H19N3O. The highest BCUT2D eigenvalue weighted by atomic mass is 16.3. The molecule has 0 aliphatic rings. The van der Waals surface area contributed by atoms with Crippen LogP contribution in [0.4, 0.5) is 0 Å². The van der Waals surface area contributed by atoms with E-state index >= 15 is 0 Å². The first-order valence-electron chi connectivity index (χ1n) is 4.85. The lowest BCUT2D eigenvalue weighted by molar-refractivity contribution is 0.266. The Morgan fingerprint density at radius 3 is 2.64 bits per heavy atom. The molecule has 14 heavy (non-hydrogen) atoms. The van der Waals surface area contributed by atoms with Gasteiger partial charge in [0.25, 0.3) is 0 Å². The fraction of sp³-hybridized carbons (Fsp3) is 0.700. The third-order valence-electron chi connectivity index (χ3n) is 2.36. The molecule has 1 aromatic heterocycles. The SMILES string of the molecule is CC(C)(C)c1[nH]ncc1C(CN)CO. The van der Waals surface area contributed by atoms with Gasteiger partial charge >= 0.3 is 0 Å². The highest BCUT2D eigenvalue weighted by Crippen LogP contribution is 2.27. The van der Waals surface area contributed by atoms with E-state index in [9.17, 15) is 0 Å². The summed E-state index contributed by atoms with van der Waals surface area (Å²) in [7, 11) is 0. The van der Waals surface area contributed by atoms with Crippen molar-refractivity contribution in [2.75, 3.05) is 13.2 Å². The maximum absolute atomic E-state index is 9.17. The van der Waals surface area contributed by atoms with Crippen LogP contribution in [0.15, 0.2) is 6.20 Å². The standard InChI is InChI=1S/C10H19N3O/c1-10(2,3)9-8(5-12-13-9)7(4-11)6-14/h5,7,14H,4,6,11H2,1-3H3,(H,12,13). The van der Waals surface area contributed by atoms with Crippen LogP contribution in [0.5, 0.6) is 0 Å².